The molecule has 0 saturated carbocycles. The van der Waals surface area contributed by atoms with Crippen molar-refractivity contribution in [2.24, 2.45) is 0 Å². The Balaban J connectivity index is 3.40. The second-order valence-corrected chi connectivity index (χ2v) is 6.88. The van der Waals surface area contributed by atoms with E-state index in [-0.39, 0.29) is 24.2 Å². The van der Waals surface area contributed by atoms with Crippen molar-refractivity contribution >= 4 is 31.9 Å². The maximum atomic E-state index is 14.2. The van der Waals surface area contributed by atoms with Gasteiger partial charge in [-0.3, -0.25) is 0 Å². The van der Waals surface area contributed by atoms with Crippen LogP contribution in [0.4, 0.5) is 4.39 Å². The standard InChI is InChI=1S/C12H15BrFNO5S/c1-3-15(4-5-20-2)21(18,19)10-7-8(13)6-9(11(10)14)12(16)17/h6-7H,3-5H2,1-2H3,(H,16,17). The molecule has 0 saturated heterocycles. The van der Waals surface area contributed by atoms with E-state index in [1.165, 1.54) is 7.11 Å². The van der Waals surface area contributed by atoms with E-state index in [9.17, 15) is 17.6 Å². The van der Waals surface area contributed by atoms with Gasteiger partial charge in [0, 0.05) is 24.7 Å². The lowest BCUT2D eigenvalue weighted by Crippen LogP contribution is -2.34. The molecule has 0 radical (unpaired) electrons. The normalized spacial score (nSPS) is 11.9. The zero-order valence-electron chi connectivity index (χ0n) is 11.5. The number of hydrogen-bond acceptors (Lipinski definition) is 4. The number of nitrogens with zero attached hydrogens (tertiary/aromatic N) is 1. The van der Waals surface area contributed by atoms with Crippen molar-refractivity contribution in [1.29, 1.82) is 0 Å². The van der Waals surface area contributed by atoms with Crippen molar-refractivity contribution in [3.63, 3.8) is 0 Å². The van der Waals surface area contributed by atoms with Crippen LogP contribution in [0, 0.1) is 5.82 Å². The zero-order valence-corrected chi connectivity index (χ0v) is 13.9. The van der Waals surface area contributed by atoms with Crippen molar-refractivity contribution in [3.8, 4) is 0 Å². The third-order valence-corrected chi connectivity index (χ3v) is 5.18. The third kappa shape index (κ3) is 4.00. The van der Waals surface area contributed by atoms with Crippen LogP contribution in [0.15, 0.2) is 21.5 Å². The van der Waals surface area contributed by atoms with Crippen molar-refractivity contribution in [1.82, 2.24) is 4.31 Å². The minimum Gasteiger partial charge on any atom is -0.478 e. The number of carboxylic acids is 1. The molecule has 0 aromatic heterocycles. The Morgan fingerprint density at radius 3 is 2.57 bits per heavy atom. The highest BCUT2D eigenvalue weighted by molar-refractivity contribution is 9.10. The summed E-state index contributed by atoms with van der Waals surface area (Å²) in [5.74, 6) is -2.81. The molecule has 0 bridgehead atoms. The SMILES string of the molecule is CCN(CCOC)S(=O)(=O)c1cc(Br)cc(C(=O)O)c1F. The van der Waals surface area contributed by atoms with E-state index in [1.807, 2.05) is 0 Å². The first-order chi connectivity index (χ1) is 9.75. The molecule has 1 aromatic rings. The van der Waals surface area contributed by atoms with E-state index in [1.54, 1.807) is 6.92 Å². The van der Waals surface area contributed by atoms with Gasteiger partial charge in [0.25, 0.3) is 0 Å². The zero-order chi connectivity index (χ0) is 16.2. The molecule has 9 heteroatoms. The fourth-order valence-corrected chi connectivity index (χ4v) is 3.84. The summed E-state index contributed by atoms with van der Waals surface area (Å²) < 4.78 is 45.1. The van der Waals surface area contributed by atoms with E-state index in [4.69, 9.17) is 9.84 Å². The molecule has 1 aromatic carbocycles. The number of halogens is 2. The van der Waals surface area contributed by atoms with Gasteiger partial charge in [0.1, 0.15) is 4.90 Å². The minimum absolute atomic E-state index is 0.0453. The average Bonchev–Trinajstić information content (AvgIpc) is 2.41. The Hall–Kier alpha value is -1.03. The predicted octanol–water partition coefficient (Wildman–Crippen LogP) is 1.94. The molecule has 0 amide bonds. The number of methoxy groups -OCH3 is 1. The van der Waals surface area contributed by atoms with Gasteiger partial charge in [-0.05, 0) is 12.1 Å². The number of carbonyl (C=O) groups is 1. The molecule has 1 rings (SSSR count). The summed E-state index contributed by atoms with van der Waals surface area (Å²) in [4.78, 5) is 10.3. The number of ether oxygens (including phenoxy) is 1. The topological polar surface area (TPSA) is 83.9 Å². The van der Waals surface area contributed by atoms with Crippen LogP contribution in [0.2, 0.25) is 0 Å². The molecule has 0 aliphatic carbocycles. The van der Waals surface area contributed by atoms with Crippen LogP contribution >= 0.6 is 15.9 Å². The summed E-state index contributed by atoms with van der Waals surface area (Å²) >= 11 is 2.99. The first-order valence-electron chi connectivity index (χ1n) is 5.97. The maximum Gasteiger partial charge on any atom is 0.338 e. The molecule has 0 unspecified atom stereocenters. The van der Waals surface area contributed by atoms with E-state index in [0.29, 0.717) is 0 Å². The molecule has 0 fully saturated rings. The summed E-state index contributed by atoms with van der Waals surface area (Å²) in [6.45, 7) is 1.90. The molecule has 0 aliphatic rings. The quantitative estimate of drug-likeness (QED) is 0.777. The lowest BCUT2D eigenvalue weighted by molar-refractivity contribution is 0.0691. The summed E-state index contributed by atoms with van der Waals surface area (Å²) in [5, 5.41) is 8.93. The monoisotopic (exact) mass is 383 g/mol. The number of aromatic carboxylic acids is 1. The fourth-order valence-electron chi connectivity index (χ4n) is 1.69. The van der Waals surface area contributed by atoms with E-state index in [2.05, 4.69) is 15.9 Å². The molecular formula is C12H15BrFNO5S. The minimum atomic E-state index is -4.15. The van der Waals surface area contributed by atoms with Gasteiger partial charge in [0.15, 0.2) is 5.82 Å². The Kier molecular flexibility index (Phi) is 6.26. The van der Waals surface area contributed by atoms with Crippen LogP contribution in [-0.2, 0) is 14.8 Å². The number of hydrogen-bond donors (Lipinski definition) is 1. The molecular weight excluding hydrogens is 369 g/mol. The van der Waals surface area contributed by atoms with Crippen LogP contribution in [-0.4, -0.2) is 50.6 Å². The number of carboxylic acid groups (broad SMARTS) is 1. The molecule has 0 heterocycles. The predicted molar refractivity (Wildman–Crippen MR) is 77.4 cm³/mol. The largest absolute Gasteiger partial charge is 0.478 e. The van der Waals surface area contributed by atoms with E-state index < -0.39 is 32.3 Å². The third-order valence-electron chi connectivity index (χ3n) is 2.75. The lowest BCUT2D eigenvalue weighted by atomic mass is 10.2. The van der Waals surface area contributed by atoms with Gasteiger partial charge in [-0.25, -0.2) is 17.6 Å². The summed E-state index contributed by atoms with van der Waals surface area (Å²) in [6, 6.07) is 2.06. The highest BCUT2D eigenvalue weighted by Gasteiger charge is 2.29. The molecule has 6 nitrogen and oxygen atoms in total. The number of likely N-dealkylation sites (N-methyl/N-ethyl adjacent to an activating group) is 1. The van der Waals surface area contributed by atoms with Crippen LogP contribution in [0.1, 0.15) is 17.3 Å². The Bertz CT molecular complexity index is 635. The Morgan fingerprint density at radius 2 is 2.10 bits per heavy atom. The van der Waals surface area contributed by atoms with Crippen molar-refractivity contribution in [2.45, 2.75) is 11.8 Å². The highest BCUT2D eigenvalue weighted by Crippen LogP contribution is 2.26. The molecule has 118 valence electrons. The van der Waals surface area contributed by atoms with Gasteiger partial charge in [-0.2, -0.15) is 4.31 Å². The summed E-state index contributed by atoms with van der Waals surface area (Å²) in [7, 11) is -2.73. The fraction of sp³-hybridized carbons (Fsp3) is 0.417. The maximum absolute atomic E-state index is 14.2. The average molecular weight is 384 g/mol. The van der Waals surface area contributed by atoms with Crippen LogP contribution in [0.5, 0.6) is 0 Å². The number of sulfonamides is 1. The first kappa shape index (κ1) is 18.0. The van der Waals surface area contributed by atoms with Crippen LogP contribution in [0.25, 0.3) is 0 Å². The van der Waals surface area contributed by atoms with Gasteiger partial charge in [-0.1, -0.05) is 22.9 Å². The second kappa shape index (κ2) is 7.30. The summed E-state index contributed by atoms with van der Waals surface area (Å²) in [6.07, 6.45) is 0. The lowest BCUT2D eigenvalue weighted by Gasteiger charge is -2.21. The van der Waals surface area contributed by atoms with Crippen LogP contribution < -0.4 is 0 Å². The van der Waals surface area contributed by atoms with E-state index >= 15 is 0 Å². The molecule has 0 aliphatic heterocycles. The van der Waals surface area contributed by atoms with Gasteiger partial charge < -0.3 is 9.84 Å². The molecule has 21 heavy (non-hydrogen) atoms. The molecule has 1 N–H and O–H groups in total. The summed E-state index contributed by atoms with van der Waals surface area (Å²) in [5.41, 5.74) is -0.703. The second-order valence-electron chi connectivity index (χ2n) is 4.06. The van der Waals surface area contributed by atoms with Gasteiger partial charge in [0.05, 0.1) is 12.2 Å². The van der Waals surface area contributed by atoms with Gasteiger partial charge in [0.2, 0.25) is 10.0 Å². The van der Waals surface area contributed by atoms with Gasteiger partial charge in [-0.15, -0.1) is 0 Å². The van der Waals surface area contributed by atoms with Crippen molar-refractivity contribution in [2.75, 3.05) is 26.8 Å². The smallest absolute Gasteiger partial charge is 0.338 e. The number of benzene rings is 1. The van der Waals surface area contributed by atoms with Crippen LogP contribution in [0.3, 0.4) is 0 Å². The highest BCUT2D eigenvalue weighted by atomic mass is 79.9. The molecule has 0 atom stereocenters. The Labute approximate surface area is 130 Å². The Morgan fingerprint density at radius 1 is 1.48 bits per heavy atom. The molecule has 0 spiro atoms. The first-order valence-corrected chi connectivity index (χ1v) is 8.20. The van der Waals surface area contributed by atoms with Crippen molar-refractivity contribution < 1.29 is 27.4 Å². The van der Waals surface area contributed by atoms with E-state index in [0.717, 1.165) is 16.4 Å². The number of rotatable bonds is 7. The van der Waals surface area contributed by atoms with Crippen molar-refractivity contribution in [3.05, 3.63) is 28.0 Å². The van der Waals surface area contributed by atoms with Gasteiger partial charge >= 0.3 is 5.97 Å².